The third-order valence-corrected chi connectivity index (χ3v) is 3.99. The van der Waals surface area contributed by atoms with Crippen LogP contribution in [0.5, 0.6) is 0 Å². The van der Waals surface area contributed by atoms with Gasteiger partial charge >= 0.3 is 0 Å². The minimum Gasteiger partial charge on any atom is -0.263 e. The molecule has 84 valence electrons. The van der Waals surface area contributed by atoms with Crippen LogP contribution in [0.2, 0.25) is 0 Å². The molecule has 2 rings (SSSR count). The molecule has 0 saturated heterocycles. The van der Waals surface area contributed by atoms with E-state index in [2.05, 4.69) is 4.98 Å². The molecule has 1 aromatic heterocycles. The predicted octanol–water partition coefficient (Wildman–Crippen LogP) is 1.79. The van der Waals surface area contributed by atoms with E-state index in [4.69, 9.17) is 5.26 Å². The van der Waals surface area contributed by atoms with Crippen LogP contribution in [0.15, 0.2) is 58.6 Å². The van der Waals surface area contributed by atoms with Crippen LogP contribution in [0.3, 0.4) is 0 Å². The maximum absolute atomic E-state index is 12.1. The number of aromatic nitrogens is 1. The molecule has 0 spiro atoms. The molecule has 1 heterocycles. The molecule has 0 aliphatic carbocycles. The molecule has 17 heavy (non-hydrogen) atoms. The van der Waals surface area contributed by atoms with Crippen LogP contribution in [0.1, 0.15) is 5.56 Å². The highest BCUT2D eigenvalue weighted by atomic mass is 32.2. The molecule has 0 atom stereocenters. The molecule has 5 heteroatoms. The van der Waals surface area contributed by atoms with Gasteiger partial charge in [0.05, 0.1) is 21.4 Å². The lowest BCUT2D eigenvalue weighted by Crippen LogP contribution is -2.02. The summed E-state index contributed by atoms with van der Waals surface area (Å²) in [6, 6.07) is 10.8. The summed E-state index contributed by atoms with van der Waals surface area (Å²) in [6.07, 6.45) is 2.81. The van der Waals surface area contributed by atoms with Crippen molar-refractivity contribution in [3.63, 3.8) is 0 Å². The third kappa shape index (κ3) is 2.17. The maximum Gasteiger partial charge on any atom is 0.208 e. The normalized spacial score (nSPS) is 10.8. The first-order valence-electron chi connectivity index (χ1n) is 4.80. The lowest BCUT2D eigenvalue weighted by atomic mass is 10.2. The Bertz CT molecular complexity index is 656. The van der Waals surface area contributed by atoms with Gasteiger partial charge in [-0.1, -0.05) is 0 Å². The fourth-order valence-corrected chi connectivity index (χ4v) is 2.57. The minimum atomic E-state index is -3.54. The van der Waals surface area contributed by atoms with Crippen LogP contribution in [-0.2, 0) is 9.84 Å². The first-order valence-corrected chi connectivity index (χ1v) is 6.28. The van der Waals surface area contributed by atoms with Gasteiger partial charge in [0.1, 0.15) is 0 Å². The Hall–Kier alpha value is -2.19. The summed E-state index contributed by atoms with van der Waals surface area (Å²) in [5.41, 5.74) is 0.426. The first kappa shape index (κ1) is 11.3. The Morgan fingerprint density at radius 1 is 1.06 bits per heavy atom. The number of pyridine rings is 1. The summed E-state index contributed by atoms with van der Waals surface area (Å²) >= 11 is 0. The topological polar surface area (TPSA) is 70.8 Å². The minimum absolute atomic E-state index is 0.143. The highest BCUT2D eigenvalue weighted by molar-refractivity contribution is 7.91. The number of sulfone groups is 1. The third-order valence-electron chi connectivity index (χ3n) is 2.24. The smallest absolute Gasteiger partial charge is 0.208 e. The van der Waals surface area contributed by atoms with Crippen molar-refractivity contribution < 1.29 is 8.42 Å². The van der Waals surface area contributed by atoms with Gasteiger partial charge < -0.3 is 0 Å². The van der Waals surface area contributed by atoms with Gasteiger partial charge in [-0.25, -0.2) is 8.42 Å². The van der Waals surface area contributed by atoms with E-state index in [1.807, 2.05) is 6.07 Å². The Labute approximate surface area is 99.1 Å². The number of benzene rings is 1. The van der Waals surface area contributed by atoms with E-state index in [1.54, 1.807) is 6.07 Å². The van der Waals surface area contributed by atoms with Crippen molar-refractivity contribution in [2.45, 2.75) is 9.79 Å². The molecule has 0 amide bonds. The summed E-state index contributed by atoms with van der Waals surface area (Å²) in [5, 5.41) is 8.64. The Balaban J connectivity index is 2.50. The van der Waals surface area contributed by atoms with Gasteiger partial charge in [0.2, 0.25) is 9.84 Å². The van der Waals surface area contributed by atoms with Crippen molar-refractivity contribution in [1.29, 1.82) is 5.26 Å². The maximum atomic E-state index is 12.1. The zero-order valence-electron chi connectivity index (χ0n) is 8.74. The number of nitrogens with zero attached hydrogens (tertiary/aromatic N) is 2. The monoisotopic (exact) mass is 244 g/mol. The quantitative estimate of drug-likeness (QED) is 0.807. The fraction of sp³-hybridized carbons (Fsp3) is 0. The predicted molar refractivity (Wildman–Crippen MR) is 60.8 cm³/mol. The molecule has 0 fully saturated rings. The standard InChI is InChI=1S/C12H8N2O2S/c13-8-10-3-5-11(6-4-10)17(15,16)12-2-1-7-14-9-12/h1-7,9H. The van der Waals surface area contributed by atoms with Crippen LogP contribution in [0.4, 0.5) is 0 Å². The van der Waals surface area contributed by atoms with E-state index in [9.17, 15) is 8.42 Å². The average molecular weight is 244 g/mol. The van der Waals surface area contributed by atoms with E-state index < -0.39 is 9.84 Å². The molecule has 0 saturated carbocycles. The van der Waals surface area contributed by atoms with Crippen molar-refractivity contribution in [2.75, 3.05) is 0 Å². The molecular formula is C12H8N2O2S. The van der Waals surface area contributed by atoms with Crippen molar-refractivity contribution in [1.82, 2.24) is 4.98 Å². The van der Waals surface area contributed by atoms with Gasteiger partial charge in [-0.2, -0.15) is 5.26 Å². The zero-order valence-corrected chi connectivity index (χ0v) is 9.55. The zero-order chi connectivity index (χ0) is 12.3. The molecule has 2 aromatic rings. The SMILES string of the molecule is N#Cc1ccc(S(=O)(=O)c2cccnc2)cc1. The van der Waals surface area contributed by atoms with Crippen molar-refractivity contribution in [2.24, 2.45) is 0 Å². The van der Waals surface area contributed by atoms with Crippen LogP contribution in [-0.4, -0.2) is 13.4 Å². The summed E-state index contributed by atoms with van der Waals surface area (Å²) in [7, 11) is -3.54. The lowest BCUT2D eigenvalue weighted by molar-refractivity contribution is 0.595. The van der Waals surface area contributed by atoms with Crippen LogP contribution in [0.25, 0.3) is 0 Å². The Morgan fingerprint density at radius 2 is 1.76 bits per heavy atom. The Kier molecular flexibility index (Phi) is 2.90. The van der Waals surface area contributed by atoms with Gasteiger partial charge in [0.15, 0.2) is 0 Å². The van der Waals surface area contributed by atoms with Crippen LogP contribution in [0, 0.1) is 11.3 Å². The summed E-state index contributed by atoms with van der Waals surface area (Å²) in [4.78, 5) is 4.08. The second-order valence-corrected chi connectivity index (χ2v) is 5.28. The molecule has 0 bridgehead atoms. The molecule has 0 unspecified atom stereocenters. The van der Waals surface area contributed by atoms with E-state index in [-0.39, 0.29) is 9.79 Å². The van der Waals surface area contributed by atoms with Gasteiger partial charge in [-0.15, -0.1) is 0 Å². The highest BCUT2D eigenvalue weighted by Crippen LogP contribution is 2.19. The summed E-state index contributed by atoms with van der Waals surface area (Å²) in [5.74, 6) is 0. The molecule has 0 N–H and O–H groups in total. The number of rotatable bonds is 2. The lowest BCUT2D eigenvalue weighted by Gasteiger charge is -2.03. The van der Waals surface area contributed by atoms with E-state index in [0.29, 0.717) is 5.56 Å². The van der Waals surface area contributed by atoms with Crippen LogP contribution >= 0.6 is 0 Å². The van der Waals surface area contributed by atoms with Gasteiger partial charge in [-0.05, 0) is 36.4 Å². The van der Waals surface area contributed by atoms with E-state index >= 15 is 0 Å². The molecule has 0 aliphatic heterocycles. The number of hydrogen-bond acceptors (Lipinski definition) is 4. The summed E-state index contributed by atoms with van der Waals surface area (Å²) < 4.78 is 24.2. The molecule has 0 aliphatic rings. The van der Waals surface area contributed by atoms with Gasteiger partial charge in [-0.3, -0.25) is 4.98 Å². The molecule has 0 radical (unpaired) electrons. The van der Waals surface area contributed by atoms with Crippen molar-refractivity contribution in [3.05, 3.63) is 54.4 Å². The second-order valence-electron chi connectivity index (χ2n) is 3.33. The molecular weight excluding hydrogens is 236 g/mol. The van der Waals surface area contributed by atoms with Crippen molar-refractivity contribution >= 4 is 9.84 Å². The van der Waals surface area contributed by atoms with Gasteiger partial charge in [0.25, 0.3) is 0 Å². The summed E-state index contributed by atoms with van der Waals surface area (Å²) in [6.45, 7) is 0. The first-order chi connectivity index (χ1) is 8.14. The van der Waals surface area contributed by atoms with Crippen molar-refractivity contribution in [3.8, 4) is 6.07 Å². The van der Waals surface area contributed by atoms with Gasteiger partial charge in [0, 0.05) is 12.4 Å². The largest absolute Gasteiger partial charge is 0.263 e. The van der Waals surface area contributed by atoms with E-state index in [1.165, 1.54) is 42.7 Å². The molecule has 1 aromatic carbocycles. The van der Waals surface area contributed by atoms with E-state index in [0.717, 1.165) is 0 Å². The molecule has 4 nitrogen and oxygen atoms in total. The fourth-order valence-electron chi connectivity index (χ4n) is 1.35. The van der Waals surface area contributed by atoms with Crippen LogP contribution < -0.4 is 0 Å². The second kappa shape index (κ2) is 4.36. The Morgan fingerprint density at radius 3 is 2.29 bits per heavy atom. The highest BCUT2D eigenvalue weighted by Gasteiger charge is 2.17. The number of hydrogen-bond donors (Lipinski definition) is 0. The number of nitriles is 1. The average Bonchev–Trinajstić information content (AvgIpc) is 2.40.